The van der Waals surface area contributed by atoms with Crippen molar-refractivity contribution in [2.75, 3.05) is 0 Å². The van der Waals surface area contributed by atoms with Crippen LogP contribution in [0, 0.1) is 0 Å². The topological polar surface area (TPSA) is 0 Å². The highest BCUT2D eigenvalue weighted by atomic mass is 32.1. The second-order valence-electron chi connectivity index (χ2n) is 20.7. The summed E-state index contributed by atoms with van der Waals surface area (Å²) in [6.45, 7) is 9.35. The van der Waals surface area contributed by atoms with Crippen molar-refractivity contribution in [2.45, 2.75) is 310 Å². The van der Waals surface area contributed by atoms with Gasteiger partial charge in [-0.1, -0.05) is 277 Å². The Kier molecular flexibility index (Phi) is 31.6. The van der Waals surface area contributed by atoms with Crippen LogP contribution in [-0.2, 0) is 25.7 Å². The highest BCUT2D eigenvalue weighted by Crippen LogP contribution is 2.49. The fourth-order valence-corrected chi connectivity index (χ4v) is 13.8. The quantitative estimate of drug-likeness (QED) is 0.0388. The number of unbranched alkanes of at least 4 members (excludes halogenated alkanes) is 36. The molecule has 0 saturated carbocycles. The van der Waals surface area contributed by atoms with Gasteiger partial charge in [0.2, 0.25) is 0 Å². The summed E-state index contributed by atoms with van der Waals surface area (Å²) >= 11 is 4.41. The minimum absolute atomic E-state index is 1.28. The second-order valence-corrected chi connectivity index (χ2v) is 22.9. The van der Waals surface area contributed by atoms with E-state index in [9.17, 15) is 0 Å². The molecule has 0 amide bonds. The molecule has 0 saturated heterocycles. The van der Waals surface area contributed by atoms with Crippen molar-refractivity contribution in [1.82, 2.24) is 0 Å². The van der Waals surface area contributed by atoms with Gasteiger partial charge in [0, 0.05) is 35.1 Å². The van der Waals surface area contributed by atoms with Crippen molar-refractivity contribution in [3.8, 4) is 0 Å². The maximum absolute atomic E-state index is 2.48. The van der Waals surface area contributed by atoms with Crippen LogP contribution in [0.5, 0.6) is 0 Å². The zero-order valence-corrected chi connectivity index (χ0v) is 44.9. The van der Waals surface area contributed by atoms with Gasteiger partial charge in [0.15, 0.2) is 0 Å². The van der Waals surface area contributed by atoms with Crippen LogP contribution in [-0.4, -0.2) is 0 Å². The van der Waals surface area contributed by atoms with Gasteiger partial charge in [0.25, 0.3) is 0 Å². The first-order valence-electron chi connectivity index (χ1n) is 29.1. The number of rotatable bonds is 44. The van der Waals surface area contributed by atoms with Gasteiger partial charge in [-0.05, 0) is 74.1 Å². The Balaban J connectivity index is 1.58. The number of hydrogen-bond donors (Lipinski definition) is 0. The summed E-state index contributed by atoms with van der Waals surface area (Å²) in [5.41, 5.74) is 5.42. The first kappa shape index (κ1) is 55.2. The fraction of sp³-hybridized carbons (Fsp3) is 0.774. The Labute approximate surface area is 406 Å². The number of thiophene rings is 2. The van der Waals surface area contributed by atoms with Gasteiger partial charge >= 0.3 is 0 Å². The molecule has 0 bridgehead atoms. The Morgan fingerprint density at radius 1 is 0.281 bits per heavy atom. The van der Waals surface area contributed by atoms with Crippen molar-refractivity contribution in [3.63, 3.8) is 0 Å². The van der Waals surface area contributed by atoms with Crippen LogP contribution < -0.4 is 0 Å². The minimum atomic E-state index is 1.28. The summed E-state index contributed by atoms with van der Waals surface area (Å²) in [6.07, 6.45) is 62.0. The normalized spacial score (nSPS) is 12.0. The average molecular weight is 914 g/mol. The predicted octanol–water partition coefficient (Wildman–Crippen LogP) is 23.1. The molecule has 0 atom stereocenters. The maximum Gasteiger partial charge on any atom is 0.0444 e. The molecule has 0 radical (unpaired) electrons. The molecule has 0 unspecified atom stereocenters. The van der Waals surface area contributed by atoms with Crippen molar-refractivity contribution < 1.29 is 0 Å². The first-order valence-corrected chi connectivity index (χ1v) is 30.8. The fourth-order valence-electron chi connectivity index (χ4n) is 10.9. The lowest BCUT2D eigenvalue weighted by Gasteiger charge is -2.16. The van der Waals surface area contributed by atoms with E-state index in [-0.39, 0.29) is 0 Å². The van der Waals surface area contributed by atoms with E-state index >= 15 is 0 Å². The lowest BCUT2D eigenvalue weighted by molar-refractivity contribution is 0.553. The third-order valence-corrected chi connectivity index (χ3v) is 17.5. The molecule has 0 aliphatic heterocycles. The van der Waals surface area contributed by atoms with E-state index in [0.717, 1.165) is 0 Å². The van der Waals surface area contributed by atoms with Gasteiger partial charge in [-0.3, -0.25) is 0 Å². The smallest absolute Gasteiger partial charge is 0.0444 e. The van der Waals surface area contributed by atoms with E-state index < -0.39 is 0 Å². The Morgan fingerprint density at radius 2 is 0.609 bits per heavy atom. The summed E-state index contributed by atoms with van der Waals surface area (Å²) in [7, 11) is 0. The molecule has 0 N–H and O–H groups in total. The average Bonchev–Trinajstić information content (AvgIpc) is 3.87. The van der Waals surface area contributed by atoms with E-state index in [2.05, 4.69) is 74.6 Å². The van der Waals surface area contributed by atoms with Crippen molar-refractivity contribution in [1.29, 1.82) is 0 Å². The summed E-state index contributed by atoms with van der Waals surface area (Å²) in [6, 6.07) is 9.52. The molecule has 364 valence electrons. The van der Waals surface area contributed by atoms with Gasteiger partial charge < -0.3 is 0 Å². The maximum atomic E-state index is 2.48. The van der Waals surface area contributed by atoms with Crippen LogP contribution in [0.1, 0.15) is 306 Å². The molecule has 2 heteroatoms. The van der Waals surface area contributed by atoms with Gasteiger partial charge in [-0.15, -0.1) is 22.7 Å². The summed E-state index contributed by atoms with van der Waals surface area (Å²) in [4.78, 5) is 1.78. The first-order chi connectivity index (χ1) is 31.7. The van der Waals surface area contributed by atoms with E-state index in [4.69, 9.17) is 0 Å². The van der Waals surface area contributed by atoms with Crippen LogP contribution in [0.25, 0.3) is 30.3 Å². The van der Waals surface area contributed by atoms with Crippen molar-refractivity contribution >= 4 is 52.9 Å². The van der Waals surface area contributed by atoms with E-state index in [1.54, 1.807) is 36.0 Å². The minimum Gasteiger partial charge on any atom is -0.139 e. The molecule has 0 fully saturated rings. The monoisotopic (exact) mass is 913 g/mol. The third kappa shape index (κ3) is 20.9. The van der Waals surface area contributed by atoms with Crippen LogP contribution in [0.4, 0.5) is 0 Å². The van der Waals surface area contributed by atoms with E-state index in [1.165, 1.54) is 287 Å². The third-order valence-electron chi connectivity index (χ3n) is 15.0. The van der Waals surface area contributed by atoms with Gasteiger partial charge in [-0.25, -0.2) is 0 Å². The molecule has 64 heavy (non-hydrogen) atoms. The zero-order chi connectivity index (χ0) is 45.1. The van der Waals surface area contributed by atoms with Crippen LogP contribution >= 0.6 is 22.7 Å². The summed E-state index contributed by atoms with van der Waals surface area (Å²) < 4.78 is 4.87. The van der Waals surface area contributed by atoms with Crippen molar-refractivity contribution in [3.05, 3.63) is 45.8 Å². The molecule has 4 rings (SSSR count). The molecule has 0 spiro atoms. The van der Waals surface area contributed by atoms with Gasteiger partial charge in [-0.2, -0.15) is 0 Å². The lowest BCUT2D eigenvalue weighted by Crippen LogP contribution is -2.00. The van der Waals surface area contributed by atoms with E-state index in [0.29, 0.717) is 0 Å². The van der Waals surface area contributed by atoms with Gasteiger partial charge in [0.05, 0.1) is 0 Å². The highest BCUT2D eigenvalue weighted by molar-refractivity contribution is 7.27. The van der Waals surface area contributed by atoms with E-state index in [1.807, 2.05) is 11.1 Å². The Hall–Kier alpha value is -1.38. The predicted molar refractivity (Wildman–Crippen MR) is 297 cm³/mol. The molecule has 0 aliphatic rings. The summed E-state index contributed by atoms with van der Waals surface area (Å²) in [5.74, 6) is 0. The zero-order valence-electron chi connectivity index (χ0n) is 43.2. The molecular weight excluding hydrogens is 809 g/mol. The highest BCUT2D eigenvalue weighted by Gasteiger charge is 2.24. The molecule has 0 aliphatic carbocycles. The second kappa shape index (κ2) is 36.6. The van der Waals surface area contributed by atoms with Crippen LogP contribution in [0.2, 0.25) is 0 Å². The SMILES string of the molecule is CCCCCCCCCCCCc1sc2c(c1CCCCCCCCCCCC)c(CCCCCCCCCCCC)c(CCCCCCCCCCCC)c1sc3ccccc3c12. The number of aryl methyl sites for hydroxylation is 4. The Bertz CT molecular complexity index is 1700. The lowest BCUT2D eigenvalue weighted by atomic mass is 9.88. The largest absolute Gasteiger partial charge is 0.139 e. The molecule has 4 aromatic rings. The van der Waals surface area contributed by atoms with Crippen LogP contribution in [0.15, 0.2) is 24.3 Å². The number of benzene rings is 2. The van der Waals surface area contributed by atoms with Crippen molar-refractivity contribution in [2.24, 2.45) is 0 Å². The number of fused-ring (bicyclic) bond motifs is 5. The summed E-state index contributed by atoms with van der Waals surface area (Å²) in [5, 5.41) is 4.96. The molecule has 0 nitrogen and oxygen atoms in total. The molecule has 2 aromatic carbocycles. The molecule has 2 heterocycles. The Morgan fingerprint density at radius 3 is 1.02 bits per heavy atom. The molecule has 2 aromatic heterocycles. The van der Waals surface area contributed by atoms with Crippen LogP contribution in [0.3, 0.4) is 0 Å². The number of hydrogen-bond acceptors (Lipinski definition) is 2. The molecular formula is C62H104S2. The van der Waals surface area contributed by atoms with Gasteiger partial charge in [0.1, 0.15) is 0 Å². The standard InChI is InChI=1S/C62H104S2/c1-5-9-13-17-21-25-29-33-37-41-47-53-54(48-42-38-34-30-26-22-18-14-10-6-2)61-60(56-50-45-46-52-58(56)63-61)62-59(53)55(49-43-39-35-31-27-23-19-15-11-7-3)57(64-62)51-44-40-36-32-28-24-20-16-12-8-4/h45-46,50,52H,5-44,47-49,51H2,1-4H3.